The summed E-state index contributed by atoms with van der Waals surface area (Å²) in [5, 5.41) is 5.65. The van der Waals surface area contributed by atoms with Gasteiger partial charge in [-0.3, -0.25) is 14.5 Å². The Balaban J connectivity index is 1.38. The second-order valence-electron chi connectivity index (χ2n) is 6.44. The van der Waals surface area contributed by atoms with Crippen molar-refractivity contribution in [1.82, 2.24) is 10.2 Å². The highest BCUT2D eigenvalue weighted by Gasteiger charge is 2.22. The Labute approximate surface area is 157 Å². The number of hydrogen-bond acceptors (Lipinski definition) is 4. The van der Waals surface area contributed by atoms with Gasteiger partial charge in [0, 0.05) is 6.54 Å². The highest BCUT2D eigenvalue weighted by Crippen LogP contribution is 2.20. The Morgan fingerprint density at radius 2 is 1.88 bits per heavy atom. The van der Waals surface area contributed by atoms with Gasteiger partial charge in [0.25, 0.3) is 0 Å². The van der Waals surface area contributed by atoms with E-state index in [1.807, 2.05) is 12.1 Å². The van der Waals surface area contributed by atoms with Gasteiger partial charge in [0.05, 0.1) is 23.5 Å². The number of amides is 2. The van der Waals surface area contributed by atoms with E-state index < -0.39 is 11.8 Å². The van der Waals surface area contributed by atoms with Crippen LogP contribution in [0.2, 0.25) is 5.02 Å². The Hall–Kier alpha value is -2.31. The summed E-state index contributed by atoms with van der Waals surface area (Å²) in [6.45, 7) is 3.22. The van der Waals surface area contributed by atoms with E-state index in [-0.39, 0.29) is 0 Å². The number of furan rings is 1. The number of likely N-dealkylation sites (tertiary alicyclic amines) is 1. The lowest BCUT2D eigenvalue weighted by atomic mass is 9.96. The van der Waals surface area contributed by atoms with E-state index in [1.54, 1.807) is 30.5 Å². The molecule has 3 rings (SSSR count). The van der Waals surface area contributed by atoms with Crippen molar-refractivity contribution >= 4 is 29.1 Å². The third kappa shape index (κ3) is 5.09. The molecule has 1 aromatic heterocycles. The SMILES string of the molecule is O=C(NCC1CCN(Cc2ccco2)CC1)C(=O)Nc1ccccc1Cl. The molecule has 0 aliphatic carbocycles. The monoisotopic (exact) mass is 375 g/mol. The number of anilines is 1. The molecule has 26 heavy (non-hydrogen) atoms. The van der Waals surface area contributed by atoms with Crippen LogP contribution < -0.4 is 10.6 Å². The van der Waals surface area contributed by atoms with Crippen LogP contribution in [0, 0.1) is 5.92 Å². The Morgan fingerprint density at radius 3 is 2.58 bits per heavy atom. The maximum atomic E-state index is 12.0. The van der Waals surface area contributed by atoms with E-state index in [4.69, 9.17) is 16.0 Å². The smallest absolute Gasteiger partial charge is 0.313 e. The molecule has 138 valence electrons. The van der Waals surface area contributed by atoms with Crippen LogP contribution >= 0.6 is 11.6 Å². The third-order valence-corrected chi connectivity index (χ3v) is 4.88. The molecule has 1 aromatic carbocycles. The van der Waals surface area contributed by atoms with E-state index in [9.17, 15) is 9.59 Å². The number of piperidine rings is 1. The Kier molecular flexibility index (Phi) is 6.30. The standard InChI is InChI=1S/C19H22ClN3O3/c20-16-5-1-2-6-17(16)22-19(25)18(24)21-12-14-7-9-23(10-8-14)13-15-4-3-11-26-15/h1-6,11,14H,7-10,12-13H2,(H,21,24)(H,22,25). The molecule has 2 aromatic rings. The lowest BCUT2D eigenvalue weighted by Crippen LogP contribution is -2.41. The summed E-state index contributed by atoms with van der Waals surface area (Å²) in [7, 11) is 0. The van der Waals surface area contributed by atoms with Gasteiger partial charge in [0.15, 0.2) is 0 Å². The van der Waals surface area contributed by atoms with Gasteiger partial charge in [-0.1, -0.05) is 23.7 Å². The Bertz CT molecular complexity index is 740. The molecule has 0 spiro atoms. The molecule has 7 heteroatoms. The zero-order valence-electron chi connectivity index (χ0n) is 14.4. The van der Waals surface area contributed by atoms with Crippen LogP contribution in [0.3, 0.4) is 0 Å². The summed E-state index contributed by atoms with van der Waals surface area (Å²) in [6.07, 6.45) is 3.64. The average Bonchev–Trinajstić information content (AvgIpc) is 3.16. The number of para-hydroxylation sites is 1. The second kappa shape index (κ2) is 8.87. The molecule has 0 saturated carbocycles. The minimum atomic E-state index is -0.701. The van der Waals surface area contributed by atoms with Gasteiger partial charge in [-0.15, -0.1) is 0 Å². The highest BCUT2D eigenvalue weighted by molar-refractivity contribution is 6.41. The first-order valence-electron chi connectivity index (χ1n) is 8.70. The molecule has 1 fully saturated rings. The van der Waals surface area contributed by atoms with Crippen LogP contribution in [0.25, 0.3) is 0 Å². The van der Waals surface area contributed by atoms with Crippen LogP contribution in [0.15, 0.2) is 47.1 Å². The summed E-state index contributed by atoms with van der Waals surface area (Å²) in [5.74, 6) is 0.00389. The summed E-state index contributed by atoms with van der Waals surface area (Å²) in [5.41, 5.74) is 0.431. The maximum Gasteiger partial charge on any atom is 0.313 e. The molecule has 0 radical (unpaired) electrons. The van der Waals surface area contributed by atoms with Crippen LogP contribution in [0.4, 0.5) is 5.69 Å². The zero-order valence-corrected chi connectivity index (χ0v) is 15.2. The fraction of sp³-hybridized carbons (Fsp3) is 0.368. The molecular formula is C19H22ClN3O3. The van der Waals surface area contributed by atoms with Crippen molar-refractivity contribution in [2.24, 2.45) is 5.92 Å². The second-order valence-corrected chi connectivity index (χ2v) is 6.85. The predicted octanol–water partition coefficient (Wildman–Crippen LogP) is 2.90. The van der Waals surface area contributed by atoms with E-state index in [0.29, 0.717) is 23.2 Å². The van der Waals surface area contributed by atoms with Crippen molar-refractivity contribution in [3.05, 3.63) is 53.4 Å². The molecule has 1 saturated heterocycles. The van der Waals surface area contributed by atoms with Gasteiger partial charge in [-0.05, 0) is 56.1 Å². The molecule has 0 unspecified atom stereocenters. The first kappa shape index (κ1) is 18.5. The van der Waals surface area contributed by atoms with Gasteiger partial charge in [0.2, 0.25) is 0 Å². The molecule has 0 atom stereocenters. The van der Waals surface area contributed by atoms with Gasteiger partial charge in [-0.2, -0.15) is 0 Å². The van der Waals surface area contributed by atoms with Crippen LogP contribution in [0.5, 0.6) is 0 Å². The third-order valence-electron chi connectivity index (χ3n) is 4.55. The summed E-state index contributed by atoms with van der Waals surface area (Å²) in [6, 6.07) is 10.7. The average molecular weight is 376 g/mol. The quantitative estimate of drug-likeness (QED) is 0.788. The number of nitrogens with one attached hydrogen (secondary N) is 2. The zero-order chi connectivity index (χ0) is 18.4. The van der Waals surface area contributed by atoms with Crippen LogP contribution in [0.1, 0.15) is 18.6 Å². The van der Waals surface area contributed by atoms with E-state index in [1.165, 1.54) is 0 Å². The van der Waals surface area contributed by atoms with Crippen molar-refractivity contribution in [3.8, 4) is 0 Å². The topological polar surface area (TPSA) is 74.6 Å². The van der Waals surface area contributed by atoms with Gasteiger partial charge in [0.1, 0.15) is 5.76 Å². The molecule has 2 amide bonds. The largest absolute Gasteiger partial charge is 0.468 e. The molecule has 1 aliphatic rings. The van der Waals surface area contributed by atoms with E-state index in [2.05, 4.69) is 15.5 Å². The normalized spacial score (nSPS) is 15.6. The molecular weight excluding hydrogens is 354 g/mol. The van der Waals surface area contributed by atoms with Crippen LogP contribution in [-0.4, -0.2) is 36.3 Å². The van der Waals surface area contributed by atoms with E-state index >= 15 is 0 Å². The fourth-order valence-corrected chi connectivity index (χ4v) is 3.21. The number of benzene rings is 1. The van der Waals surface area contributed by atoms with Crippen molar-refractivity contribution in [3.63, 3.8) is 0 Å². The number of rotatable bonds is 5. The van der Waals surface area contributed by atoms with Crippen molar-refractivity contribution in [2.45, 2.75) is 19.4 Å². The van der Waals surface area contributed by atoms with Crippen molar-refractivity contribution < 1.29 is 14.0 Å². The minimum absolute atomic E-state index is 0.375. The lowest BCUT2D eigenvalue weighted by molar-refractivity contribution is -0.136. The summed E-state index contributed by atoms with van der Waals surface area (Å²) in [4.78, 5) is 26.3. The molecule has 2 N–H and O–H groups in total. The van der Waals surface area contributed by atoms with Gasteiger partial charge < -0.3 is 15.1 Å². The maximum absolute atomic E-state index is 12.0. The first-order valence-corrected chi connectivity index (χ1v) is 9.08. The number of carbonyl (C=O) groups is 2. The number of halogens is 1. The van der Waals surface area contributed by atoms with E-state index in [0.717, 1.165) is 38.2 Å². The first-order chi connectivity index (χ1) is 12.6. The number of carbonyl (C=O) groups excluding carboxylic acids is 2. The Morgan fingerprint density at radius 1 is 1.12 bits per heavy atom. The van der Waals surface area contributed by atoms with Crippen molar-refractivity contribution in [2.75, 3.05) is 25.0 Å². The minimum Gasteiger partial charge on any atom is -0.468 e. The predicted molar refractivity (Wildman–Crippen MR) is 99.8 cm³/mol. The van der Waals surface area contributed by atoms with Crippen LogP contribution in [-0.2, 0) is 16.1 Å². The summed E-state index contributed by atoms with van der Waals surface area (Å²) < 4.78 is 5.37. The molecule has 6 nitrogen and oxygen atoms in total. The van der Waals surface area contributed by atoms with Gasteiger partial charge >= 0.3 is 11.8 Å². The summed E-state index contributed by atoms with van der Waals surface area (Å²) >= 11 is 5.98. The molecule has 1 aliphatic heterocycles. The van der Waals surface area contributed by atoms with Crippen molar-refractivity contribution in [1.29, 1.82) is 0 Å². The highest BCUT2D eigenvalue weighted by atomic mass is 35.5. The fourth-order valence-electron chi connectivity index (χ4n) is 3.03. The lowest BCUT2D eigenvalue weighted by Gasteiger charge is -2.31. The molecule has 2 heterocycles. The number of hydrogen-bond donors (Lipinski definition) is 2. The molecule has 0 bridgehead atoms. The van der Waals surface area contributed by atoms with Gasteiger partial charge in [-0.25, -0.2) is 0 Å². The number of nitrogens with zero attached hydrogens (tertiary/aromatic N) is 1.